The average Bonchev–Trinajstić information content (AvgIpc) is 2.67. The highest BCUT2D eigenvalue weighted by Gasteiger charge is 2.27. The van der Waals surface area contributed by atoms with Gasteiger partial charge in [0.2, 0.25) is 20.0 Å². The van der Waals surface area contributed by atoms with E-state index in [1.807, 2.05) is 0 Å². The number of nitrogens with one attached hydrogen (secondary N) is 2. The molecule has 2 amide bonds. The van der Waals surface area contributed by atoms with Crippen molar-refractivity contribution in [2.75, 3.05) is 32.9 Å². The van der Waals surface area contributed by atoms with Gasteiger partial charge in [0.25, 0.3) is 0 Å². The third kappa shape index (κ3) is 5.43. The average molecular weight is 433 g/mol. The molecular formula is C17H28N4O5S2. The molecule has 0 radical (unpaired) electrons. The normalized spacial score (nSPS) is 16.9. The molecule has 1 fully saturated rings. The van der Waals surface area contributed by atoms with Crippen LogP contribution in [0.15, 0.2) is 29.2 Å². The minimum absolute atomic E-state index is 0.0676. The third-order valence-electron chi connectivity index (χ3n) is 4.72. The lowest BCUT2D eigenvalue weighted by Crippen LogP contribution is -2.49. The smallest absolute Gasteiger partial charge is 0.315 e. The second kappa shape index (κ2) is 9.21. The first-order chi connectivity index (χ1) is 13.1. The fourth-order valence-corrected chi connectivity index (χ4v) is 5.22. The van der Waals surface area contributed by atoms with Crippen molar-refractivity contribution in [1.29, 1.82) is 0 Å². The van der Waals surface area contributed by atoms with Crippen molar-refractivity contribution >= 4 is 26.1 Å². The summed E-state index contributed by atoms with van der Waals surface area (Å²) in [7, 11) is -3.90. The number of sulfonamides is 2. The maximum Gasteiger partial charge on any atom is 0.315 e. The number of amides is 2. The molecule has 0 bridgehead atoms. The van der Waals surface area contributed by atoms with Crippen LogP contribution in [0.1, 0.15) is 25.3 Å². The summed E-state index contributed by atoms with van der Waals surface area (Å²) in [4.78, 5) is 12.4. The van der Waals surface area contributed by atoms with E-state index in [2.05, 4.69) is 10.6 Å². The standard InChI is InChI=1S/C17H28N4O5S2/c1-4-27(23,24)21-11-9-15(10-12-21)19-17(22)18-13-14-7-5-6-8-16(14)28(25,26)20(2)3/h5-8,15H,4,9-13H2,1-3H3,(H2,18,19,22). The fraction of sp³-hybridized carbons (Fsp3) is 0.588. The molecule has 1 heterocycles. The second-order valence-electron chi connectivity index (χ2n) is 6.80. The minimum Gasteiger partial charge on any atom is -0.335 e. The van der Waals surface area contributed by atoms with Gasteiger partial charge in [0.1, 0.15) is 0 Å². The van der Waals surface area contributed by atoms with Gasteiger partial charge in [-0.25, -0.2) is 30.2 Å². The lowest BCUT2D eigenvalue weighted by Gasteiger charge is -2.31. The van der Waals surface area contributed by atoms with Gasteiger partial charge >= 0.3 is 6.03 Å². The highest BCUT2D eigenvalue weighted by atomic mass is 32.2. The Morgan fingerprint density at radius 2 is 1.75 bits per heavy atom. The van der Waals surface area contributed by atoms with Crippen LogP contribution in [0.4, 0.5) is 4.79 Å². The summed E-state index contributed by atoms with van der Waals surface area (Å²) in [6.07, 6.45) is 1.08. The number of hydrogen-bond donors (Lipinski definition) is 2. The van der Waals surface area contributed by atoms with E-state index >= 15 is 0 Å². The van der Waals surface area contributed by atoms with E-state index in [0.29, 0.717) is 31.5 Å². The molecule has 0 atom stereocenters. The Morgan fingerprint density at radius 1 is 1.14 bits per heavy atom. The monoisotopic (exact) mass is 432 g/mol. The highest BCUT2D eigenvalue weighted by molar-refractivity contribution is 7.89. The van der Waals surface area contributed by atoms with Crippen LogP contribution in [0.5, 0.6) is 0 Å². The van der Waals surface area contributed by atoms with E-state index in [1.165, 1.54) is 24.5 Å². The van der Waals surface area contributed by atoms with Crippen LogP contribution in [-0.2, 0) is 26.6 Å². The summed E-state index contributed by atoms with van der Waals surface area (Å²) in [5, 5.41) is 5.51. The molecule has 2 rings (SSSR count). The summed E-state index contributed by atoms with van der Waals surface area (Å²) in [5.41, 5.74) is 0.496. The fourth-order valence-electron chi connectivity index (χ4n) is 2.97. The van der Waals surface area contributed by atoms with Crippen LogP contribution in [0.25, 0.3) is 0 Å². The molecule has 0 aliphatic carbocycles. The van der Waals surface area contributed by atoms with Gasteiger partial charge in [-0.15, -0.1) is 0 Å². The van der Waals surface area contributed by atoms with E-state index in [4.69, 9.17) is 0 Å². The van der Waals surface area contributed by atoms with E-state index in [-0.39, 0.29) is 23.2 Å². The van der Waals surface area contributed by atoms with Gasteiger partial charge in [0.15, 0.2) is 0 Å². The van der Waals surface area contributed by atoms with E-state index in [0.717, 1.165) is 4.31 Å². The molecule has 0 aromatic heterocycles. The maximum absolute atomic E-state index is 12.4. The predicted octanol–water partition coefficient (Wildman–Crippen LogP) is 0.550. The second-order valence-corrected chi connectivity index (χ2v) is 11.2. The Balaban J connectivity index is 1.91. The van der Waals surface area contributed by atoms with Crippen molar-refractivity contribution in [2.24, 2.45) is 0 Å². The molecule has 28 heavy (non-hydrogen) atoms. The first kappa shape index (κ1) is 22.6. The van der Waals surface area contributed by atoms with Crippen LogP contribution < -0.4 is 10.6 Å². The van der Waals surface area contributed by atoms with Crippen LogP contribution in [0, 0.1) is 0 Å². The van der Waals surface area contributed by atoms with Crippen LogP contribution in [-0.4, -0.2) is 70.5 Å². The Labute approximate surface area is 167 Å². The SMILES string of the molecule is CCS(=O)(=O)N1CCC(NC(=O)NCc2ccccc2S(=O)(=O)N(C)C)CC1. The van der Waals surface area contributed by atoms with Crippen LogP contribution in [0.3, 0.4) is 0 Å². The van der Waals surface area contributed by atoms with E-state index in [9.17, 15) is 21.6 Å². The van der Waals surface area contributed by atoms with E-state index in [1.54, 1.807) is 25.1 Å². The summed E-state index contributed by atoms with van der Waals surface area (Å²) < 4.78 is 51.1. The van der Waals surface area contributed by atoms with Gasteiger partial charge in [0.05, 0.1) is 10.6 Å². The molecular weight excluding hydrogens is 404 g/mol. The quantitative estimate of drug-likeness (QED) is 0.653. The first-order valence-corrected chi connectivity index (χ1v) is 12.2. The molecule has 1 aromatic carbocycles. The Kier molecular flexibility index (Phi) is 7.43. The van der Waals surface area contributed by atoms with E-state index < -0.39 is 26.1 Å². The Morgan fingerprint density at radius 3 is 2.32 bits per heavy atom. The predicted molar refractivity (Wildman–Crippen MR) is 107 cm³/mol. The lowest BCUT2D eigenvalue weighted by atomic mass is 10.1. The summed E-state index contributed by atoms with van der Waals surface area (Å²) in [5.74, 6) is 0.0703. The van der Waals surface area contributed by atoms with Crippen molar-refractivity contribution in [3.63, 3.8) is 0 Å². The molecule has 0 unspecified atom stereocenters. The Hall–Kier alpha value is -1.69. The number of nitrogens with zero attached hydrogens (tertiary/aromatic N) is 2. The molecule has 158 valence electrons. The summed E-state index contributed by atoms with van der Waals surface area (Å²) in [6.45, 7) is 2.44. The number of hydrogen-bond acceptors (Lipinski definition) is 5. The minimum atomic E-state index is -3.61. The van der Waals surface area contributed by atoms with Gasteiger partial charge in [-0.05, 0) is 31.4 Å². The van der Waals surface area contributed by atoms with Gasteiger partial charge in [-0.1, -0.05) is 18.2 Å². The molecule has 11 heteroatoms. The molecule has 2 N–H and O–H groups in total. The summed E-state index contributed by atoms with van der Waals surface area (Å²) >= 11 is 0. The number of carbonyl (C=O) groups is 1. The van der Waals surface area contributed by atoms with Crippen molar-refractivity contribution in [2.45, 2.75) is 37.2 Å². The van der Waals surface area contributed by atoms with Crippen molar-refractivity contribution in [3.8, 4) is 0 Å². The van der Waals surface area contributed by atoms with Crippen molar-refractivity contribution in [3.05, 3.63) is 29.8 Å². The van der Waals surface area contributed by atoms with Crippen molar-refractivity contribution < 1.29 is 21.6 Å². The van der Waals surface area contributed by atoms with Crippen LogP contribution >= 0.6 is 0 Å². The van der Waals surface area contributed by atoms with Gasteiger partial charge in [0, 0.05) is 39.8 Å². The topological polar surface area (TPSA) is 116 Å². The molecule has 0 spiro atoms. The number of urea groups is 1. The molecule has 0 saturated carbocycles. The zero-order valence-electron chi connectivity index (χ0n) is 16.4. The van der Waals surface area contributed by atoms with Crippen molar-refractivity contribution in [1.82, 2.24) is 19.2 Å². The zero-order chi connectivity index (χ0) is 20.9. The van der Waals surface area contributed by atoms with Crippen LogP contribution in [0.2, 0.25) is 0 Å². The molecule has 1 aromatic rings. The largest absolute Gasteiger partial charge is 0.335 e. The highest BCUT2D eigenvalue weighted by Crippen LogP contribution is 2.18. The molecule has 1 aliphatic heterocycles. The Bertz CT molecular complexity index is 892. The van der Waals surface area contributed by atoms with Gasteiger partial charge in [-0.3, -0.25) is 0 Å². The number of piperidine rings is 1. The zero-order valence-corrected chi connectivity index (χ0v) is 18.0. The third-order valence-corrected chi connectivity index (χ3v) is 8.52. The van der Waals surface area contributed by atoms with Gasteiger partial charge < -0.3 is 10.6 Å². The number of carbonyl (C=O) groups excluding carboxylic acids is 1. The number of rotatable bonds is 7. The maximum atomic E-state index is 12.4. The molecule has 1 aliphatic rings. The van der Waals surface area contributed by atoms with Gasteiger partial charge in [-0.2, -0.15) is 0 Å². The molecule has 9 nitrogen and oxygen atoms in total. The summed E-state index contributed by atoms with van der Waals surface area (Å²) in [6, 6.07) is 5.99. The lowest BCUT2D eigenvalue weighted by molar-refractivity contribution is 0.227. The first-order valence-electron chi connectivity index (χ1n) is 9.10. The number of benzene rings is 1. The molecule has 1 saturated heterocycles.